The molecule has 0 aliphatic carbocycles. The van der Waals surface area contributed by atoms with Crippen LogP contribution in [0.15, 0.2) is 40.4 Å². The second kappa shape index (κ2) is 9.42. The molecule has 0 aliphatic heterocycles. The van der Waals surface area contributed by atoms with Crippen LogP contribution >= 0.6 is 0 Å². The van der Waals surface area contributed by atoms with Crippen LogP contribution in [0, 0.1) is 18.6 Å². The highest BCUT2D eigenvalue weighted by molar-refractivity contribution is 7.91. The summed E-state index contributed by atoms with van der Waals surface area (Å²) in [6.07, 6.45) is -1.96. The van der Waals surface area contributed by atoms with Crippen LogP contribution in [0.3, 0.4) is 0 Å². The summed E-state index contributed by atoms with van der Waals surface area (Å²) in [5.74, 6) is -2.02. The Kier molecular flexibility index (Phi) is 7.05. The zero-order valence-corrected chi connectivity index (χ0v) is 20.8. The molecule has 1 amide bonds. The van der Waals surface area contributed by atoms with E-state index in [1.165, 1.54) is 37.4 Å². The minimum atomic E-state index is -4.93. The van der Waals surface area contributed by atoms with Gasteiger partial charge in [0, 0.05) is 23.1 Å². The van der Waals surface area contributed by atoms with E-state index in [0.717, 1.165) is 19.4 Å². The Morgan fingerprint density at radius 3 is 2.31 bits per heavy atom. The van der Waals surface area contributed by atoms with Crippen LogP contribution in [0.5, 0.6) is 11.8 Å². The molecule has 0 saturated carbocycles. The second-order valence-corrected chi connectivity index (χ2v) is 11.8. The van der Waals surface area contributed by atoms with E-state index in [1.54, 1.807) is 0 Å². The highest BCUT2D eigenvalue weighted by Crippen LogP contribution is 2.35. The lowest BCUT2D eigenvalue weighted by molar-refractivity contribution is -0.142. The molecule has 0 spiro atoms. The maximum atomic E-state index is 13.5. The molecular weight excluding hydrogens is 525 g/mol. The lowest BCUT2D eigenvalue weighted by Crippen LogP contribution is -2.21. The summed E-state index contributed by atoms with van der Waals surface area (Å²) in [5, 5.41) is 8.58. The number of hydrogen-bond donors (Lipinski definition) is 2. The summed E-state index contributed by atoms with van der Waals surface area (Å²) in [4.78, 5) is 20.9. The van der Waals surface area contributed by atoms with Gasteiger partial charge in [-0.2, -0.15) is 13.2 Å². The Morgan fingerprint density at radius 2 is 1.75 bits per heavy atom. The van der Waals surface area contributed by atoms with Crippen molar-refractivity contribution in [2.24, 2.45) is 0 Å². The molecule has 0 bridgehead atoms. The largest absolute Gasteiger partial charge is 0.435 e. The molecule has 36 heavy (non-hydrogen) atoms. The Bertz CT molecular complexity index is 1580. The Balaban J connectivity index is 2.09. The van der Waals surface area contributed by atoms with E-state index in [2.05, 4.69) is 25.5 Å². The second-order valence-electron chi connectivity index (χ2n) is 7.65. The number of aromatic nitrogens is 4. The number of carbonyl (C=O) groups is 1. The molecule has 2 aromatic heterocycles. The van der Waals surface area contributed by atoms with Gasteiger partial charge < -0.3 is 10.1 Å². The fourth-order valence-electron chi connectivity index (χ4n) is 2.94. The van der Waals surface area contributed by atoms with Gasteiger partial charge in [0.15, 0.2) is 20.6 Å². The fraction of sp³-hybridized carbons (Fsp3) is 0.250. The van der Waals surface area contributed by atoms with Gasteiger partial charge in [0.2, 0.25) is 5.88 Å². The van der Waals surface area contributed by atoms with Crippen molar-refractivity contribution >= 4 is 31.2 Å². The number of rotatable bonds is 6. The zero-order chi connectivity index (χ0) is 27.1. The van der Waals surface area contributed by atoms with Crippen molar-refractivity contribution in [2.75, 3.05) is 17.8 Å². The molecule has 192 valence electrons. The van der Waals surface area contributed by atoms with Gasteiger partial charge in [0.1, 0.15) is 11.3 Å². The van der Waals surface area contributed by atoms with Crippen LogP contribution in [0.1, 0.15) is 27.3 Å². The maximum absolute atomic E-state index is 13.5. The maximum Gasteiger partial charge on any atom is 0.435 e. The number of carbonyl (C=O) groups excluding carboxylic acids is 1. The molecule has 3 rings (SSSR count). The normalized spacial score (nSPS) is 13.6. The van der Waals surface area contributed by atoms with Gasteiger partial charge in [-0.05, 0) is 37.6 Å². The number of ether oxygens (including phenoxy) is 1. The first-order valence-electron chi connectivity index (χ1n) is 9.79. The first-order valence-corrected chi connectivity index (χ1v) is 13.7. The Labute approximate surface area is 204 Å². The van der Waals surface area contributed by atoms with Gasteiger partial charge in [0.05, 0.1) is 15.9 Å². The predicted molar refractivity (Wildman–Crippen MR) is 121 cm³/mol. The molecule has 16 heteroatoms. The molecule has 1 unspecified atom stereocenters. The molecule has 0 aliphatic rings. The van der Waals surface area contributed by atoms with Gasteiger partial charge in [-0.3, -0.25) is 4.79 Å². The van der Waals surface area contributed by atoms with Crippen LogP contribution in [-0.4, -0.2) is 51.2 Å². The van der Waals surface area contributed by atoms with Crippen molar-refractivity contribution in [1.82, 2.24) is 20.2 Å². The molecule has 2 N–H and O–H groups in total. The quantitative estimate of drug-likeness (QED) is 0.473. The van der Waals surface area contributed by atoms with E-state index in [0.29, 0.717) is 0 Å². The van der Waals surface area contributed by atoms with E-state index in [1.807, 2.05) is 0 Å². The number of nitrogens with zero attached hydrogens (tertiary/aromatic N) is 4. The first-order chi connectivity index (χ1) is 16.5. The molecule has 0 radical (unpaired) electrons. The summed E-state index contributed by atoms with van der Waals surface area (Å²) in [6, 6.07) is 5.46. The van der Waals surface area contributed by atoms with Crippen molar-refractivity contribution in [3.05, 3.63) is 53.0 Å². The summed E-state index contributed by atoms with van der Waals surface area (Å²) >= 11 is 0. The molecule has 1 aromatic carbocycles. The van der Waals surface area contributed by atoms with Crippen molar-refractivity contribution < 1.29 is 35.3 Å². The standard InChI is InChI=1S/C20H19F3N6O5S2/c1-10-15(17(30)27-12-6-5-7-13(8-12)35(3,24)31)19(29-28-16(10)20(21,22)23)34-18-11(2)26-14(9-25-18)36(4,32)33/h5-9,24H,1-4H3,(H,27,30). The third kappa shape index (κ3) is 5.93. The molecule has 0 fully saturated rings. The lowest BCUT2D eigenvalue weighted by atomic mass is 10.1. The topological polar surface area (TPSA) is 165 Å². The first kappa shape index (κ1) is 26.9. The lowest BCUT2D eigenvalue weighted by Gasteiger charge is -2.16. The Hall–Kier alpha value is -3.66. The van der Waals surface area contributed by atoms with Gasteiger partial charge in [-0.25, -0.2) is 27.4 Å². The number of aryl methyl sites for hydroxylation is 1. The number of anilines is 1. The number of benzene rings is 1. The third-order valence-electron chi connectivity index (χ3n) is 4.68. The highest BCUT2D eigenvalue weighted by atomic mass is 32.2. The molecule has 1 atom stereocenters. The van der Waals surface area contributed by atoms with Gasteiger partial charge in [-0.15, -0.1) is 10.2 Å². The highest BCUT2D eigenvalue weighted by Gasteiger charge is 2.38. The van der Waals surface area contributed by atoms with Crippen LogP contribution in [0.25, 0.3) is 0 Å². The van der Waals surface area contributed by atoms with Gasteiger partial charge >= 0.3 is 6.18 Å². The summed E-state index contributed by atoms with van der Waals surface area (Å²) < 4.78 is 88.9. The van der Waals surface area contributed by atoms with Crippen molar-refractivity contribution in [3.8, 4) is 11.8 Å². The van der Waals surface area contributed by atoms with E-state index in [4.69, 9.17) is 9.52 Å². The van der Waals surface area contributed by atoms with Crippen LogP contribution in [0.4, 0.5) is 18.9 Å². The fourth-order valence-corrected chi connectivity index (χ4v) is 4.17. The van der Waals surface area contributed by atoms with Crippen LogP contribution in [-0.2, 0) is 25.7 Å². The zero-order valence-electron chi connectivity index (χ0n) is 19.2. The molecule has 0 saturated heterocycles. The number of alkyl halides is 3. The van der Waals surface area contributed by atoms with Crippen LogP contribution < -0.4 is 10.1 Å². The van der Waals surface area contributed by atoms with Gasteiger partial charge in [-0.1, -0.05) is 6.07 Å². The minimum Gasteiger partial charge on any atom is -0.416 e. The Morgan fingerprint density at radius 1 is 1.08 bits per heavy atom. The average Bonchev–Trinajstić information content (AvgIpc) is 2.73. The van der Waals surface area contributed by atoms with Crippen molar-refractivity contribution in [3.63, 3.8) is 0 Å². The SMILES string of the molecule is Cc1nc(S(C)(=O)=O)cnc1Oc1nnc(C(F)(F)F)c(C)c1C(=O)Nc1cccc(S(C)(=N)=O)c1. The molecule has 2 heterocycles. The number of halogens is 3. The van der Waals surface area contributed by atoms with Gasteiger partial charge in [0.25, 0.3) is 11.8 Å². The summed E-state index contributed by atoms with van der Waals surface area (Å²) in [5.41, 5.74) is -2.63. The predicted octanol–water partition coefficient (Wildman–Crippen LogP) is 3.39. The van der Waals surface area contributed by atoms with E-state index < -0.39 is 54.4 Å². The average molecular weight is 545 g/mol. The third-order valence-corrected chi connectivity index (χ3v) is 6.79. The molecule has 11 nitrogen and oxygen atoms in total. The van der Waals surface area contributed by atoms with Crippen molar-refractivity contribution in [1.29, 1.82) is 4.78 Å². The number of sulfone groups is 1. The van der Waals surface area contributed by atoms with E-state index >= 15 is 0 Å². The molecular formula is C20H19F3N6O5S2. The van der Waals surface area contributed by atoms with Crippen LogP contribution in [0.2, 0.25) is 0 Å². The number of amides is 1. The van der Waals surface area contributed by atoms with Crippen molar-refractivity contribution in [2.45, 2.75) is 29.9 Å². The van der Waals surface area contributed by atoms with E-state index in [9.17, 15) is 30.6 Å². The number of nitrogens with one attached hydrogen (secondary N) is 2. The summed E-state index contributed by atoms with van der Waals surface area (Å²) in [6.45, 7) is 2.35. The molecule has 3 aromatic rings. The smallest absolute Gasteiger partial charge is 0.416 e. The minimum absolute atomic E-state index is 0.0375. The summed E-state index contributed by atoms with van der Waals surface area (Å²) in [7, 11) is -6.83. The monoisotopic (exact) mass is 544 g/mol. The number of hydrogen-bond acceptors (Lipinski definition) is 10. The van der Waals surface area contributed by atoms with E-state index in [-0.39, 0.29) is 27.2 Å².